The van der Waals surface area contributed by atoms with Crippen LogP contribution in [-0.4, -0.2) is 51.5 Å². The number of aliphatic hydroxyl groups excluding tert-OH is 1. The van der Waals surface area contributed by atoms with E-state index in [1.54, 1.807) is 11.3 Å². The SMILES string of the molecule is Cc1ncsc1-c1ccc(CNC(=O)[C@@H]2C[C@@H](O)CN2C(=O)[C@@H]([NH3+])C(C)(C)C)cc1. The maximum Gasteiger partial charge on any atom is 0.282 e. The third-order valence-electron chi connectivity index (χ3n) is 5.64. The van der Waals surface area contributed by atoms with Crippen molar-refractivity contribution in [1.82, 2.24) is 15.2 Å². The molecule has 2 aromatic rings. The largest absolute Gasteiger partial charge is 0.391 e. The number of amides is 2. The molecule has 30 heavy (non-hydrogen) atoms. The number of β-amino-alcohol motifs (C(OH)–C–C–N with tert-alkyl or cyclic N) is 1. The zero-order chi connectivity index (χ0) is 22.1. The van der Waals surface area contributed by atoms with E-state index in [1.807, 2.05) is 57.5 Å². The number of likely N-dealkylation sites (tertiary alicyclic amines) is 1. The zero-order valence-electron chi connectivity index (χ0n) is 18.0. The summed E-state index contributed by atoms with van der Waals surface area (Å²) in [4.78, 5) is 32.6. The topological polar surface area (TPSA) is 110 Å². The Balaban J connectivity index is 1.63. The van der Waals surface area contributed by atoms with Gasteiger partial charge in [0.15, 0.2) is 6.04 Å². The Labute approximate surface area is 181 Å². The van der Waals surface area contributed by atoms with Gasteiger partial charge in [-0.3, -0.25) is 9.59 Å². The number of thiazole rings is 1. The predicted octanol–water partition coefficient (Wildman–Crippen LogP) is 1.35. The van der Waals surface area contributed by atoms with Crippen LogP contribution in [0.3, 0.4) is 0 Å². The molecule has 7 nitrogen and oxygen atoms in total. The van der Waals surface area contributed by atoms with Gasteiger partial charge in [0.2, 0.25) is 5.91 Å². The van der Waals surface area contributed by atoms with Gasteiger partial charge < -0.3 is 21.1 Å². The maximum atomic E-state index is 12.9. The van der Waals surface area contributed by atoms with E-state index in [9.17, 15) is 14.7 Å². The number of carbonyl (C=O) groups excluding carboxylic acids is 2. The van der Waals surface area contributed by atoms with Crippen LogP contribution in [0.5, 0.6) is 0 Å². The van der Waals surface area contributed by atoms with Crippen molar-refractivity contribution in [3.63, 3.8) is 0 Å². The van der Waals surface area contributed by atoms with Crippen LogP contribution in [0.4, 0.5) is 0 Å². The van der Waals surface area contributed by atoms with Gasteiger partial charge in [0.1, 0.15) is 6.04 Å². The van der Waals surface area contributed by atoms with Gasteiger partial charge in [0.05, 0.1) is 22.2 Å². The summed E-state index contributed by atoms with van der Waals surface area (Å²) in [5, 5.41) is 13.0. The van der Waals surface area contributed by atoms with Crippen molar-refractivity contribution in [3.8, 4) is 10.4 Å². The lowest BCUT2D eigenvalue weighted by atomic mass is 9.86. The molecule has 0 spiro atoms. The van der Waals surface area contributed by atoms with E-state index in [0.717, 1.165) is 21.7 Å². The van der Waals surface area contributed by atoms with E-state index in [-0.39, 0.29) is 30.2 Å². The molecule has 1 fully saturated rings. The summed E-state index contributed by atoms with van der Waals surface area (Å²) in [7, 11) is 0. The molecule has 1 aromatic carbocycles. The Hall–Kier alpha value is -2.29. The highest BCUT2D eigenvalue weighted by Gasteiger charge is 2.44. The Morgan fingerprint density at radius 1 is 1.33 bits per heavy atom. The second kappa shape index (κ2) is 8.83. The van der Waals surface area contributed by atoms with Gasteiger partial charge in [-0.25, -0.2) is 4.98 Å². The fraction of sp³-hybridized carbons (Fsp3) is 0.500. The normalized spacial score (nSPS) is 20.3. The third-order valence-corrected chi connectivity index (χ3v) is 6.61. The number of hydrogen-bond acceptors (Lipinski definition) is 5. The minimum Gasteiger partial charge on any atom is -0.391 e. The summed E-state index contributed by atoms with van der Waals surface area (Å²) >= 11 is 1.60. The smallest absolute Gasteiger partial charge is 0.282 e. The molecule has 2 heterocycles. The molecule has 0 unspecified atom stereocenters. The first kappa shape index (κ1) is 22.4. The summed E-state index contributed by atoms with van der Waals surface area (Å²) < 4.78 is 0. The second-order valence-corrected chi connectivity index (χ2v) is 9.85. The van der Waals surface area contributed by atoms with E-state index < -0.39 is 18.2 Å². The Morgan fingerprint density at radius 3 is 2.57 bits per heavy atom. The molecule has 1 saturated heterocycles. The van der Waals surface area contributed by atoms with Crippen molar-refractivity contribution < 1.29 is 20.4 Å². The number of aliphatic hydroxyl groups is 1. The number of aromatic nitrogens is 1. The van der Waals surface area contributed by atoms with Crippen LogP contribution in [-0.2, 0) is 16.1 Å². The average Bonchev–Trinajstić information content (AvgIpc) is 3.30. The molecule has 1 aliphatic heterocycles. The van der Waals surface area contributed by atoms with Crippen molar-refractivity contribution in [2.75, 3.05) is 6.54 Å². The highest BCUT2D eigenvalue weighted by Crippen LogP contribution is 2.27. The van der Waals surface area contributed by atoms with E-state index >= 15 is 0 Å². The maximum absolute atomic E-state index is 12.9. The van der Waals surface area contributed by atoms with Gasteiger partial charge in [0, 0.05) is 24.9 Å². The Bertz CT molecular complexity index is 904. The van der Waals surface area contributed by atoms with Crippen molar-refractivity contribution >= 4 is 23.2 Å². The average molecular weight is 432 g/mol. The summed E-state index contributed by atoms with van der Waals surface area (Å²) in [6.45, 7) is 8.36. The lowest BCUT2D eigenvalue weighted by molar-refractivity contribution is -0.428. The molecule has 1 aromatic heterocycles. The number of nitrogens with zero attached hydrogens (tertiary/aromatic N) is 2. The fourth-order valence-corrected chi connectivity index (χ4v) is 4.35. The highest BCUT2D eigenvalue weighted by atomic mass is 32.1. The van der Waals surface area contributed by atoms with Gasteiger partial charge in [0.25, 0.3) is 5.91 Å². The molecule has 2 amide bonds. The van der Waals surface area contributed by atoms with Crippen molar-refractivity contribution in [3.05, 3.63) is 41.0 Å². The van der Waals surface area contributed by atoms with Gasteiger partial charge in [-0.1, -0.05) is 45.0 Å². The number of carbonyl (C=O) groups is 2. The van der Waals surface area contributed by atoms with E-state index in [1.165, 1.54) is 4.90 Å². The molecule has 3 atom stereocenters. The molecule has 0 bridgehead atoms. The molecule has 162 valence electrons. The highest BCUT2D eigenvalue weighted by molar-refractivity contribution is 7.13. The minimum absolute atomic E-state index is 0.169. The first-order valence-electron chi connectivity index (χ1n) is 10.2. The Morgan fingerprint density at radius 2 is 2.00 bits per heavy atom. The van der Waals surface area contributed by atoms with E-state index in [4.69, 9.17) is 0 Å². The molecule has 0 saturated carbocycles. The molecule has 0 radical (unpaired) electrons. The van der Waals surface area contributed by atoms with Crippen molar-refractivity contribution in [2.45, 2.75) is 58.8 Å². The fourth-order valence-electron chi connectivity index (χ4n) is 3.54. The zero-order valence-corrected chi connectivity index (χ0v) is 18.8. The van der Waals surface area contributed by atoms with Crippen LogP contribution >= 0.6 is 11.3 Å². The summed E-state index contributed by atoms with van der Waals surface area (Å²) in [6, 6.07) is 6.85. The summed E-state index contributed by atoms with van der Waals surface area (Å²) in [5.74, 6) is -0.438. The molecule has 8 heteroatoms. The van der Waals surface area contributed by atoms with Crippen LogP contribution < -0.4 is 11.1 Å². The van der Waals surface area contributed by atoms with Crippen LogP contribution in [0.25, 0.3) is 10.4 Å². The van der Waals surface area contributed by atoms with Crippen molar-refractivity contribution in [1.29, 1.82) is 0 Å². The quantitative estimate of drug-likeness (QED) is 0.664. The van der Waals surface area contributed by atoms with Gasteiger partial charge in [-0.2, -0.15) is 0 Å². The summed E-state index contributed by atoms with van der Waals surface area (Å²) in [5.41, 5.74) is 8.58. The number of nitrogens with one attached hydrogen (secondary N) is 1. The van der Waals surface area contributed by atoms with E-state index in [2.05, 4.69) is 16.0 Å². The molecular formula is C22H31N4O3S+. The van der Waals surface area contributed by atoms with Crippen LogP contribution in [0, 0.1) is 12.3 Å². The number of aryl methyl sites for hydroxylation is 1. The predicted molar refractivity (Wildman–Crippen MR) is 116 cm³/mol. The molecule has 5 N–H and O–H groups in total. The Kier molecular flexibility index (Phi) is 6.59. The molecule has 1 aliphatic rings. The monoisotopic (exact) mass is 431 g/mol. The number of hydrogen-bond donors (Lipinski definition) is 3. The first-order chi connectivity index (χ1) is 14.1. The first-order valence-corrected chi connectivity index (χ1v) is 11.0. The molecular weight excluding hydrogens is 400 g/mol. The van der Waals surface area contributed by atoms with Gasteiger partial charge in [-0.05, 0) is 18.1 Å². The van der Waals surface area contributed by atoms with Gasteiger partial charge in [-0.15, -0.1) is 11.3 Å². The number of benzene rings is 1. The van der Waals surface area contributed by atoms with Gasteiger partial charge >= 0.3 is 0 Å². The molecule has 3 rings (SSSR count). The lowest BCUT2D eigenvalue weighted by Gasteiger charge is -2.30. The lowest BCUT2D eigenvalue weighted by Crippen LogP contribution is -2.73. The minimum atomic E-state index is -0.696. The standard InChI is InChI=1S/C22H30N4O3S/c1-13-18(30-12-25-13)15-7-5-14(6-8-15)10-24-20(28)17-9-16(27)11-26(17)21(29)19(23)22(2,3)4/h5-8,12,16-17,19,27H,9-11,23H2,1-4H3,(H,24,28)/p+1/t16-,17+,19-/m1/s1. The number of rotatable bonds is 5. The molecule has 0 aliphatic carbocycles. The second-order valence-electron chi connectivity index (χ2n) is 9.00. The van der Waals surface area contributed by atoms with Crippen LogP contribution in [0.2, 0.25) is 0 Å². The summed E-state index contributed by atoms with van der Waals surface area (Å²) in [6.07, 6.45) is -0.448. The van der Waals surface area contributed by atoms with Crippen LogP contribution in [0.15, 0.2) is 29.8 Å². The number of quaternary nitrogens is 1. The van der Waals surface area contributed by atoms with Crippen LogP contribution in [0.1, 0.15) is 38.4 Å². The third kappa shape index (κ3) is 4.88. The van der Waals surface area contributed by atoms with E-state index in [0.29, 0.717) is 6.54 Å². The van der Waals surface area contributed by atoms with Crippen molar-refractivity contribution in [2.24, 2.45) is 5.41 Å².